The van der Waals surface area contributed by atoms with Gasteiger partial charge in [0.25, 0.3) is 0 Å². The number of halogens is 1. The second-order valence-corrected chi connectivity index (χ2v) is 12.4. The van der Waals surface area contributed by atoms with Gasteiger partial charge in [0.2, 0.25) is 17.8 Å². The number of pyridine rings is 1. The zero-order chi connectivity index (χ0) is 31.3. The Morgan fingerprint density at radius 1 is 1.09 bits per heavy atom. The average molecular weight is 614 g/mol. The van der Waals surface area contributed by atoms with Crippen LogP contribution >= 0.6 is 0 Å². The van der Waals surface area contributed by atoms with E-state index in [4.69, 9.17) is 9.97 Å². The maximum Gasteiger partial charge on any atom is 0.249 e. The normalized spacial score (nSPS) is 19.0. The zero-order valence-corrected chi connectivity index (χ0v) is 25.6. The van der Waals surface area contributed by atoms with Gasteiger partial charge in [0.1, 0.15) is 17.9 Å². The molecule has 0 bridgehead atoms. The molecule has 1 saturated carbocycles. The first-order valence-corrected chi connectivity index (χ1v) is 15.4. The number of aromatic amines is 1. The molecule has 3 aliphatic rings. The molecule has 3 fully saturated rings. The molecule has 2 aliphatic heterocycles. The molecule has 2 amide bonds. The minimum atomic E-state index is -0.930. The minimum absolute atomic E-state index is 0.0208. The van der Waals surface area contributed by atoms with Gasteiger partial charge in [-0.1, -0.05) is 6.07 Å². The third-order valence-electron chi connectivity index (χ3n) is 9.10. The summed E-state index contributed by atoms with van der Waals surface area (Å²) < 4.78 is 14.8. The van der Waals surface area contributed by atoms with Gasteiger partial charge in [-0.2, -0.15) is 15.2 Å². The lowest BCUT2D eigenvalue weighted by atomic mass is 9.81. The smallest absolute Gasteiger partial charge is 0.249 e. The SMILES string of the molecule is Cc1cc(Nc2cc(C)[nH]n2)nc(N2CCC3(CC2)C(=O)N([C@@H](C)c2ccc(-n4cc(F)cn4)nc2)CC(=O)N3CC2CC2)n1. The number of amides is 2. The highest BCUT2D eigenvalue weighted by molar-refractivity contribution is 5.98. The van der Waals surface area contributed by atoms with Gasteiger partial charge in [-0.15, -0.1) is 0 Å². The quantitative estimate of drug-likeness (QED) is 0.306. The first kappa shape index (κ1) is 28.9. The van der Waals surface area contributed by atoms with E-state index in [1.807, 2.05) is 43.9 Å². The molecule has 4 aromatic rings. The monoisotopic (exact) mass is 613 g/mol. The Balaban J connectivity index is 1.11. The standard InChI is InChI=1S/C31H36FN11O2/c1-19-12-25(36-26-13-20(2)38-39-26)37-30(35-19)40-10-8-31(9-11-40)29(45)41(18-28(44)42(31)16-22-4-5-22)21(3)23-6-7-27(33-14-23)43-17-24(32)15-34-43/h6-7,12-15,17,21-22H,4-5,8-11,16,18H2,1-3H3,(H2,35,36,37,38,39)/t21-/m0/s1. The molecule has 14 heteroatoms. The lowest BCUT2D eigenvalue weighted by Gasteiger charge is -2.53. The van der Waals surface area contributed by atoms with Gasteiger partial charge in [-0.25, -0.2) is 19.0 Å². The van der Waals surface area contributed by atoms with Crippen LogP contribution in [0.2, 0.25) is 0 Å². The number of aryl methyl sites for hydroxylation is 2. The third-order valence-corrected chi connectivity index (χ3v) is 9.10. The molecule has 2 N–H and O–H groups in total. The molecule has 13 nitrogen and oxygen atoms in total. The Morgan fingerprint density at radius 3 is 2.53 bits per heavy atom. The van der Waals surface area contributed by atoms with Crippen LogP contribution in [0.25, 0.3) is 5.82 Å². The number of carbonyl (C=O) groups is 2. The van der Waals surface area contributed by atoms with Crippen molar-refractivity contribution in [2.45, 2.75) is 58.0 Å². The van der Waals surface area contributed by atoms with Gasteiger partial charge >= 0.3 is 0 Å². The van der Waals surface area contributed by atoms with Crippen molar-refractivity contribution in [1.82, 2.24) is 44.7 Å². The van der Waals surface area contributed by atoms with Crippen molar-refractivity contribution in [1.29, 1.82) is 0 Å². The topological polar surface area (TPSA) is 141 Å². The molecule has 1 atom stereocenters. The molecule has 45 heavy (non-hydrogen) atoms. The van der Waals surface area contributed by atoms with Crippen LogP contribution < -0.4 is 10.2 Å². The highest BCUT2D eigenvalue weighted by Gasteiger charge is 2.55. The van der Waals surface area contributed by atoms with Crippen molar-refractivity contribution in [3.05, 3.63) is 65.6 Å². The number of aromatic nitrogens is 7. The van der Waals surface area contributed by atoms with Crippen molar-refractivity contribution in [2.75, 3.05) is 36.4 Å². The molecule has 0 aromatic carbocycles. The summed E-state index contributed by atoms with van der Waals surface area (Å²) in [5.74, 6) is 2.30. The van der Waals surface area contributed by atoms with Gasteiger partial charge in [0.15, 0.2) is 17.5 Å². The van der Waals surface area contributed by atoms with E-state index in [1.165, 1.54) is 10.9 Å². The van der Waals surface area contributed by atoms with Gasteiger partial charge in [-0.05, 0) is 64.0 Å². The van der Waals surface area contributed by atoms with Crippen molar-refractivity contribution < 1.29 is 14.0 Å². The summed E-state index contributed by atoms with van der Waals surface area (Å²) in [5.41, 5.74) is 1.61. The third kappa shape index (κ3) is 5.60. The number of H-pyrrole nitrogens is 1. The summed E-state index contributed by atoms with van der Waals surface area (Å²) in [4.78, 5) is 47.9. The summed E-state index contributed by atoms with van der Waals surface area (Å²) in [7, 11) is 0. The molecule has 2 saturated heterocycles. The molecule has 6 heterocycles. The summed E-state index contributed by atoms with van der Waals surface area (Å²) in [6.45, 7) is 7.47. The predicted octanol–water partition coefficient (Wildman–Crippen LogP) is 3.46. The second-order valence-electron chi connectivity index (χ2n) is 12.4. The molecular formula is C31H36FN11O2. The molecule has 0 radical (unpaired) electrons. The molecule has 1 aliphatic carbocycles. The number of nitrogens with zero attached hydrogens (tertiary/aromatic N) is 9. The fourth-order valence-electron chi connectivity index (χ4n) is 6.39. The number of anilines is 3. The van der Waals surface area contributed by atoms with Gasteiger partial charge in [-0.3, -0.25) is 14.7 Å². The van der Waals surface area contributed by atoms with E-state index in [2.05, 4.69) is 30.5 Å². The van der Waals surface area contributed by atoms with Crippen molar-refractivity contribution >= 4 is 29.4 Å². The first-order valence-electron chi connectivity index (χ1n) is 15.4. The van der Waals surface area contributed by atoms with Crippen LogP contribution in [0.15, 0.2) is 42.9 Å². The highest BCUT2D eigenvalue weighted by atomic mass is 19.1. The summed E-state index contributed by atoms with van der Waals surface area (Å²) >= 11 is 0. The Hall–Kier alpha value is -4.88. The fraction of sp³-hybridized carbons (Fsp3) is 0.452. The van der Waals surface area contributed by atoms with E-state index >= 15 is 0 Å². The van der Waals surface area contributed by atoms with Crippen LogP contribution in [0.3, 0.4) is 0 Å². The molecule has 7 rings (SSSR count). The maximum absolute atomic E-state index is 14.5. The van der Waals surface area contributed by atoms with Crippen molar-refractivity contribution in [3.63, 3.8) is 0 Å². The van der Waals surface area contributed by atoms with Crippen LogP contribution in [0.5, 0.6) is 0 Å². The fourth-order valence-corrected chi connectivity index (χ4v) is 6.39. The van der Waals surface area contributed by atoms with Crippen LogP contribution in [0.1, 0.15) is 55.6 Å². The molecule has 0 unspecified atom stereocenters. The molecule has 234 valence electrons. The van der Waals surface area contributed by atoms with E-state index in [9.17, 15) is 14.0 Å². The number of hydrogen-bond donors (Lipinski definition) is 2. The Kier molecular flexibility index (Phi) is 7.21. The predicted molar refractivity (Wildman–Crippen MR) is 163 cm³/mol. The van der Waals surface area contributed by atoms with E-state index in [0.717, 1.165) is 36.0 Å². The Morgan fingerprint density at radius 2 is 1.89 bits per heavy atom. The Labute approximate surface area is 259 Å². The van der Waals surface area contributed by atoms with E-state index < -0.39 is 11.4 Å². The molecule has 1 spiro atoms. The van der Waals surface area contributed by atoms with Gasteiger partial charge in [0, 0.05) is 49.4 Å². The number of nitrogens with one attached hydrogen (secondary N) is 2. The van der Waals surface area contributed by atoms with E-state index in [-0.39, 0.29) is 24.4 Å². The lowest BCUT2D eigenvalue weighted by molar-refractivity contribution is -0.169. The average Bonchev–Trinajstić information content (AvgIpc) is 3.61. The van der Waals surface area contributed by atoms with Crippen LogP contribution in [-0.4, -0.2) is 88.3 Å². The summed E-state index contributed by atoms with van der Waals surface area (Å²) in [5, 5.41) is 14.4. The highest BCUT2D eigenvalue weighted by Crippen LogP contribution is 2.41. The van der Waals surface area contributed by atoms with Gasteiger partial charge < -0.3 is 20.0 Å². The van der Waals surface area contributed by atoms with E-state index in [1.54, 1.807) is 17.2 Å². The van der Waals surface area contributed by atoms with Crippen LogP contribution in [-0.2, 0) is 9.59 Å². The molecular weight excluding hydrogens is 577 g/mol. The molecule has 4 aromatic heterocycles. The first-order chi connectivity index (χ1) is 21.7. The number of rotatable bonds is 8. The number of piperidine rings is 1. The van der Waals surface area contributed by atoms with E-state index in [0.29, 0.717) is 61.8 Å². The van der Waals surface area contributed by atoms with Crippen LogP contribution in [0.4, 0.5) is 22.0 Å². The lowest BCUT2D eigenvalue weighted by Crippen LogP contribution is -2.71. The summed E-state index contributed by atoms with van der Waals surface area (Å²) in [6, 6.07) is 6.98. The minimum Gasteiger partial charge on any atom is -0.341 e. The number of hydrogen-bond acceptors (Lipinski definition) is 9. The largest absolute Gasteiger partial charge is 0.341 e. The zero-order valence-electron chi connectivity index (χ0n) is 25.6. The van der Waals surface area contributed by atoms with Crippen LogP contribution in [0, 0.1) is 25.6 Å². The van der Waals surface area contributed by atoms with Gasteiger partial charge in [0.05, 0.1) is 18.4 Å². The number of piperazine rings is 1. The second kappa shape index (κ2) is 11.2. The van der Waals surface area contributed by atoms with Crippen molar-refractivity contribution in [3.8, 4) is 5.82 Å². The summed E-state index contributed by atoms with van der Waals surface area (Å²) in [6.07, 6.45) is 7.16. The maximum atomic E-state index is 14.5. The number of carbonyl (C=O) groups excluding carboxylic acids is 2. The Bertz CT molecular complexity index is 1720. The van der Waals surface area contributed by atoms with Crippen molar-refractivity contribution in [2.24, 2.45) is 5.92 Å².